The van der Waals surface area contributed by atoms with Crippen LogP contribution in [0.15, 0.2) is 48.6 Å². The first-order valence-electron chi connectivity index (χ1n) is 8.56. The van der Waals surface area contributed by atoms with Gasteiger partial charge in [-0.05, 0) is 47.4 Å². The van der Waals surface area contributed by atoms with E-state index >= 15 is 0 Å². The fourth-order valence-corrected chi connectivity index (χ4v) is 2.51. The van der Waals surface area contributed by atoms with E-state index in [1.165, 1.54) is 26.4 Å². The highest BCUT2D eigenvalue weighted by molar-refractivity contribution is 5.93. The summed E-state index contributed by atoms with van der Waals surface area (Å²) >= 11 is 0. The third-order valence-electron chi connectivity index (χ3n) is 4.01. The van der Waals surface area contributed by atoms with E-state index in [1.807, 2.05) is 19.1 Å². The summed E-state index contributed by atoms with van der Waals surface area (Å²) < 4.78 is 10.1. The number of ketones is 1. The van der Waals surface area contributed by atoms with Crippen molar-refractivity contribution in [1.29, 1.82) is 0 Å². The predicted molar refractivity (Wildman–Crippen MR) is 106 cm³/mol. The zero-order valence-corrected chi connectivity index (χ0v) is 15.7. The average molecular weight is 368 g/mol. The number of phenolic OH excluding ortho intramolecular Hbond substituents is 2. The number of ether oxygens (including phenoxy) is 2. The first kappa shape index (κ1) is 20.1. The standard InChI is InChI=1S/C22H24O5/c1-15(4-5-16-7-10-19(24)21(13-16)26-2)12-18(23)9-6-17-8-11-20(25)22(14-17)27-3/h4-11,13-15,24-25H,12H2,1-3H3/b5-4+,9-6+. The highest BCUT2D eigenvalue weighted by Gasteiger charge is 2.06. The summed E-state index contributed by atoms with van der Waals surface area (Å²) in [5.41, 5.74) is 1.66. The lowest BCUT2D eigenvalue weighted by atomic mass is 10.0. The number of rotatable bonds is 8. The van der Waals surface area contributed by atoms with Gasteiger partial charge >= 0.3 is 0 Å². The Bertz CT molecular complexity index is 852. The van der Waals surface area contributed by atoms with Crippen LogP contribution < -0.4 is 9.47 Å². The molecule has 2 N–H and O–H groups in total. The van der Waals surface area contributed by atoms with Crippen molar-refractivity contribution in [1.82, 2.24) is 0 Å². The number of allylic oxidation sites excluding steroid dienone is 2. The molecule has 27 heavy (non-hydrogen) atoms. The van der Waals surface area contributed by atoms with Gasteiger partial charge in [-0.2, -0.15) is 0 Å². The van der Waals surface area contributed by atoms with E-state index in [0.717, 1.165) is 11.1 Å². The monoisotopic (exact) mass is 368 g/mol. The highest BCUT2D eigenvalue weighted by Crippen LogP contribution is 2.28. The maximum absolute atomic E-state index is 12.2. The maximum atomic E-state index is 12.2. The van der Waals surface area contributed by atoms with Gasteiger partial charge in [-0.15, -0.1) is 0 Å². The fraction of sp³-hybridized carbons (Fsp3) is 0.227. The van der Waals surface area contributed by atoms with Gasteiger partial charge in [0.15, 0.2) is 28.8 Å². The molecule has 0 amide bonds. The average Bonchev–Trinajstić information content (AvgIpc) is 2.66. The molecule has 0 fully saturated rings. The molecule has 2 aromatic carbocycles. The minimum atomic E-state index is 0.00229. The van der Waals surface area contributed by atoms with E-state index in [-0.39, 0.29) is 23.2 Å². The first-order chi connectivity index (χ1) is 12.9. The van der Waals surface area contributed by atoms with E-state index in [2.05, 4.69) is 0 Å². The summed E-state index contributed by atoms with van der Waals surface area (Å²) in [6.45, 7) is 1.96. The van der Waals surface area contributed by atoms with E-state index < -0.39 is 0 Å². The predicted octanol–water partition coefficient (Wildman–Crippen LogP) is 4.44. The number of methoxy groups -OCH3 is 2. The molecule has 0 saturated heterocycles. The zero-order chi connectivity index (χ0) is 19.8. The third-order valence-corrected chi connectivity index (χ3v) is 4.01. The molecule has 0 aromatic heterocycles. The van der Waals surface area contributed by atoms with Crippen LogP contribution in [-0.4, -0.2) is 30.2 Å². The summed E-state index contributed by atoms with van der Waals surface area (Å²) in [5.74, 6) is 0.983. The quantitative estimate of drug-likeness (QED) is 0.674. The minimum absolute atomic E-state index is 0.00229. The molecule has 2 rings (SSSR count). The topological polar surface area (TPSA) is 76.0 Å². The van der Waals surface area contributed by atoms with E-state index in [4.69, 9.17) is 9.47 Å². The van der Waals surface area contributed by atoms with Crippen molar-refractivity contribution in [2.45, 2.75) is 13.3 Å². The molecular formula is C22H24O5. The second-order valence-electron chi connectivity index (χ2n) is 6.20. The smallest absolute Gasteiger partial charge is 0.161 e. The Morgan fingerprint density at radius 2 is 1.48 bits per heavy atom. The highest BCUT2D eigenvalue weighted by atomic mass is 16.5. The van der Waals surface area contributed by atoms with E-state index in [9.17, 15) is 15.0 Å². The van der Waals surface area contributed by atoms with Crippen LogP contribution in [0.1, 0.15) is 24.5 Å². The van der Waals surface area contributed by atoms with Crippen molar-refractivity contribution in [3.63, 3.8) is 0 Å². The molecule has 5 heteroatoms. The van der Waals surface area contributed by atoms with Crippen molar-refractivity contribution >= 4 is 17.9 Å². The summed E-state index contributed by atoms with van der Waals surface area (Å²) in [4.78, 5) is 12.2. The Morgan fingerprint density at radius 1 is 0.963 bits per heavy atom. The van der Waals surface area contributed by atoms with Gasteiger partial charge in [0.1, 0.15) is 0 Å². The van der Waals surface area contributed by atoms with Crippen LogP contribution in [0.5, 0.6) is 23.0 Å². The summed E-state index contributed by atoms with van der Waals surface area (Å²) in [6, 6.07) is 9.99. The first-order valence-corrected chi connectivity index (χ1v) is 8.56. The summed E-state index contributed by atoms with van der Waals surface area (Å²) in [7, 11) is 2.98. The maximum Gasteiger partial charge on any atom is 0.161 e. The van der Waals surface area contributed by atoms with Gasteiger partial charge in [-0.25, -0.2) is 0 Å². The minimum Gasteiger partial charge on any atom is -0.504 e. The second kappa shape index (κ2) is 9.48. The Hall–Kier alpha value is -3.21. The van der Waals surface area contributed by atoms with E-state index in [1.54, 1.807) is 36.4 Å². The van der Waals surface area contributed by atoms with Gasteiger partial charge in [0, 0.05) is 6.42 Å². The Morgan fingerprint density at radius 3 is 2.00 bits per heavy atom. The molecule has 0 bridgehead atoms. The van der Waals surface area contributed by atoms with Crippen LogP contribution in [-0.2, 0) is 4.79 Å². The van der Waals surface area contributed by atoms with Gasteiger partial charge in [0.25, 0.3) is 0 Å². The van der Waals surface area contributed by atoms with Crippen LogP contribution in [0.2, 0.25) is 0 Å². The number of aromatic hydroxyl groups is 2. The van der Waals surface area contributed by atoms with Crippen molar-refractivity contribution in [2.24, 2.45) is 5.92 Å². The molecule has 142 valence electrons. The lowest BCUT2D eigenvalue weighted by Crippen LogP contribution is -2.00. The number of hydrogen-bond donors (Lipinski definition) is 2. The van der Waals surface area contributed by atoms with Gasteiger partial charge in [-0.3, -0.25) is 4.79 Å². The molecule has 5 nitrogen and oxygen atoms in total. The number of hydrogen-bond acceptors (Lipinski definition) is 5. The van der Waals surface area contributed by atoms with Crippen molar-refractivity contribution in [2.75, 3.05) is 14.2 Å². The Kier molecular flexibility index (Phi) is 7.06. The SMILES string of the molecule is COc1cc(/C=C/C(=O)CC(C)/C=C/c2ccc(O)c(OC)c2)ccc1O. The molecule has 0 aliphatic heterocycles. The molecule has 2 aromatic rings. The van der Waals surface area contributed by atoms with Crippen LogP contribution >= 0.6 is 0 Å². The number of benzene rings is 2. The molecular weight excluding hydrogens is 344 g/mol. The normalized spacial score (nSPS) is 12.4. The second-order valence-corrected chi connectivity index (χ2v) is 6.20. The fourth-order valence-electron chi connectivity index (χ4n) is 2.51. The molecule has 0 aliphatic rings. The van der Waals surface area contributed by atoms with Gasteiger partial charge in [0.05, 0.1) is 14.2 Å². The number of carbonyl (C=O) groups excluding carboxylic acids is 1. The van der Waals surface area contributed by atoms with Crippen LogP contribution in [0.4, 0.5) is 0 Å². The number of carbonyl (C=O) groups is 1. The van der Waals surface area contributed by atoms with Crippen molar-refractivity contribution in [3.8, 4) is 23.0 Å². The van der Waals surface area contributed by atoms with E-state index in [0.29, 0.717) is 17.9 Å². The van der Waals surface area contributed by atoms with Crippen molar-refractivity contribution in [3.05, 3.63) is 59.7 Å². The van der Waals surface area contributed by atoms with Crippen LogP contribution in [0.3, 0.4) is 0 Å². The molecule has 0 spiro atoms. The van der Waals surface area contributed by atoms with Gasteiger partial charge in [0.2, 0.25) is 0 Å². The molecule has 0 aliphatic carbocycles. The molecule has 0 radical (unpaired) electrons. The number of phenols is 2. The molecule has 1 atom stereocenters. The molecule has 1 unspecified atom stereocenters. The van der Waals surface area contributed by atoms with Gasteiger partial charge in [-0.1, -0.05) is 37.3 Å². The lowest BCUT2D eigenvalue weighted by molar-refractivity contribution is -0.115. The molecule has 0 heterocycles. The lowest BCUT2D eigenvalue weighted by Gasteiger charge is -2.06. The van der Waals surface area contributed by atoms with Crippen LogP contribution in [0.25, 0.3) is 12.2 Å². The molecule has 0 saturated carbocycles. The summed E-state index contributed by atoms with van der Waals surface area (Å²) in [5, 5.41) is 19.2. The third kappa shape index (κ3) is 5.92. The Balaban J connectivity index is 1.95. The zero-order valence-electron chi connectivity index (χ0n) is 15.7. The van der Waals surface area contributed by atoms with Crippen LogP contribution in [0, 0.1) is 5.92 Å². The van der Waals surface area contributed by atoms with Gasteiger partial charge < -0.3 is 19.7 Å². The summed E-state index contributed by atoms with van der Waals surface area (Å²) in [6.07, 6.45) is 7.44. The largest absolute Gasteiger partial charge is 0.504 e. The Labute approximate surface area is 159 Å². The van der Waals surface area contributed by atoms with Crippen molar-refractivity contribution < 1.29 is 24.5 Å².